The molecule has 4 unspecified atom stereocenters. The van der Waals surface area contributed by atoms with E-state index in [2.05, 4.69) is 15.6 Å². The van der Waals surface area contributed by atoms with E-state index in [0.29, 0.717) is 10.8 Å². The van der Waals surface area contributed by atoms with Crippen molar-refractivity contribution in [1.82, 2.24) is 4.98 Å². The van der Waals surface area contributed by atoms with Crippen molar-refractivity contribution >= 4 is 23.2 Å². The minimum absolute atomic E-state index is 0.0911. The molecule has 0 radical (unpaired) electrons. The fraction of sp³-hybridized carbons (Fsp3) is 0.720. The van der Waals surface area contributed by atoms with Crippen LogP contribution in [-0.4, -0.2) is 16.8 Å². The van der Waals surface area contributed by atoms with Gasteiger partial charge in [-0.15, -0.1) is 0 Å². The third-order valence-electron chi connectivity index (χ3n) is 12.5. The second kappa shape index (κ2) is 4.22. The second-order valence-corrected chi connectivity index (χ2v) is 12.3. The highest BCUT2D eigenvalue weighted by Gasteiger charge is 2.90. The van der Waals surface area contributed by atoms with Crippen LogP contribution >= 0.6 is 0 Å². The van der Waals surface area contributed by atoms with Crippen LogP contribution in [0.5, 0.6) is 0 Å². The smallest absolute Gasteiger partial charge is 0.231 e. The Morgan fingerprint density at radius 3 is 1.43 bits per heavy atom. The second-order valence-electron chi connectivity index (χ2n) is 12.3. The molecular weight excluding hydrogens is 374 g/mol. The molecular formula is C25H27N3O2. The zero-order valence-corrected chi connectivity index (χ0v) is 17.1. The van der Waals surface area contributed by atoms with Gasteiger partial charge in [0, 0.05) is 0 Å². The lowest BCUT2D eigenvalue weighted by atomic mass is 9.13. The fourth-order valence-electron chi connectivity index (χ4n) is 11.7. The number of nitrogens with zero attached hydrogens (tertiary/aromatic N) is 1. The summed E-state index contributed by atoms with van der Waals surface area (Å²) in [6.07, 6.45) is 13.2. The number of hydrogen-bond acceptors (Lipinski definition) is 3. The van der Waals surface area contributed by atoms with E-state index >= 15 is 0 Å². The average molecular weight is 402 g/mol. The Labute approximate surface area is 175 Å². The molecule has 154 valence electrons. The van der Waals surface area contributed by atoms with Crippen LogP contribution in [0, 0.1) is 57.2 Å². The molecule has 0 bridgehead atoms. The van der Waals surface area contributed by atoms with Crippen LogP contribution in [0.15, 0.2) is 18.5 Å². The maximum atomic E-state index is 13.2. The summed E-state index contributed by atoms with van der Waals surface area (Å²) in [4.78, 5) is 30.8. The molecule has 30 heavy (non-hydrogen) atoms. The number of rotatable bonds is 4. The molecule has 1 aromatic heterocycles. The van der Waals surface area contributed by atoms with E-state index in [-0.39, 0.29) is 22.6 Å². The number of pyridine rings is 1. The lowest BCUT2D eigenvalue weighted by Gasteiger charge is -2.90. The van der Waals surface area contributed by atoms with Gasteiger partial charge in [-0.25, -0.2) is 0 Å². The molecule has 1 heterocycles. The van der Waals surface area contributed by atoms with Crippen molar-refractivity contribution in [3.63, 3.8) is 0 Å². The number of hydrogen-bond donors (Lipinski definition) is 2. The molecule has 0 saturated heterocycles. The van der Waals surface area contributed by atoms with Gasteiger partial charge in [-0.2, -0.15) is 0 Å². The monoisotopic (exact) mass is 401 g/mol. The summed E-state index contributed by atoms with van der Waals surface area (Å²) in [5.41, 5.74) is 2.05. The molecule has 4 atom stereocenters. The van der Waals surface area contributed by atoms with Crippen molar-refractivity contribution in [2.45, 2.75) is 51.4 Å². The average Bonchev–Trinajstić information content (AvgIpc) is 2.57. The Bertz CT molecular complexity index is 961. The highest BCUT2D eigenvalue weighted by atomic mass is 16.2. The fourth-order valence-corrected chi connectivity index (χ4v) is 11.7. The standard InChI is InChI=1S/C25H27N3O2/c29-20(22-6-14-1-12-2-15(7-22)24(12,14)22)27-18-5-19(11-26-10-18)28-21(30)23-8-16-3-13-4-17(9-23)25(13,16)23/h5,10-17H,1-4,6-9H2,(H,27,29)(H,28,30). The Balaban J connectivity index is 0.939. The van der Waals surface area contributed by atoms with E-state index in [1.807, 2.05) is 6.07 Å². The molecule has 8 saturated carbocycles. The molecule has 8 aliphatic rings. The van der Waals surface area contributed by atoms with E-state index in [1.54, 1.807) is 12.4 Å². The summed E-state index contributed by atoms with van der Waals surface area (Å²) in [6.45, 7) is 0. The van der Waals surface area contributed by atoms with Crippen LogP contribution in [-0.2, 0) is 9.59 Å². The minimum atomic E-state index is -0.0911. The van der Waals surface area contributed by atoms with E-state index < -0.39 is 0 Å². The van der Waals surface area contributed by atoms with Gasteiger partial charge in [0.15, 0.2) is 0 Å². The summed E-state index contributed by atoms with van der Waals surface area (Å²) in [5.74, 6) is 5.34. The summed E-state index contributed by atoms with van der Waals surface area (Å²) in [7, 11) is 0. The maximum Gasteiger partial charge on any atom is 0.231 e. The van der Waals surface area contributed by atoms with Crippen molar-refractivity contribution in [2.24, 2.45) is 57.2 Å². The number of carbonyl (C=O) groups excluding carboxylic acids is 2. The van der Waals surface area contributed by atoms with Gasteiger partial charge in [0.25, 0.3) is 0 Å². The van der Waals surface area contributed by atoms with Crippen LogP contribution in [0.2, 0.25) is 0 Å². The van der Waals surface area contributed by atoms with E-state index in [0.717, 1.165) is 72.6 Å². The summed E-state index contributed by atoms with van der Waals surface area (Å²) in [5, 5.41) is 6.35. The largest absolute Gasteiger partial charge is 0.324 e. The number of aromatic nitrogens is 1. The zero-order valence-electron chi connectivity index (χ0n) is 17.1. The lowest BCUT2D eigenvalue weighted by Crippen LogP contribution is -2.87. The number of anilines is 2. The highest BCUT2D eigenvalue weighted by molar-refractivity contribution is 6.01. The number of nitrogens with one attached hydrogen (secondary N) is 2. The van der Waals surface area contributed by atoms with E-state index in [9.17, 15) is 9.59 Å². The first-order valence-corrected chi connectivity index (χ1v) is 12.1. The Hall–Kier alpha value is -1.91. The Morgan fingerprint density at radius 2 is 1.10 bits per heavy atom. The Kier molecular flexibility index (Phi) is 2.23. The minimum Gasteiger partial charge on any atom is -0.324 e. The first-order valence-electron chi connectivity index (χ1n) is 12.1. The van der Waals surface area contributed by atoms with Crippen LogP contribution in [0.1, 0.15) is 51.4 Å². The number of amides is 2. The molecule has 9 rings (SSSR count). The van der Waals surface area contributed by atoms with Crippen molar-refractivity contribution in [2.75, 3.05) is 10.6 Å². The molecule has 2 spiro atoms. The molecule has 0 aliphatic heterocycles. The molecule has 8 fully saturated rings. The highest BCUT2D eigenvalue weighted by Crippen LogP contribution is 2.93. The molecule has 2 amide bonds. The predicted octanol–water partition coefficient (Wildman–Crippen LogP) is 3.83. The first kappa shape index (κ1) is 15.8. The summed E-state index contributed by atoms with van der Waals surface area (Å²) < 4.78 is 0. The molecule has 1 aromatic rings. The Morgan fingerprint density at radius 1 is 0.700 bits per heavy atom. The summed E-state index contributed by atoms with van der Waals surface area (Å²) in [6, 6.07) is 1.90. The number of carbonyl (C=O) groups is 2. The van der Waals surface area contributed by atoms with Gasteiger partial charge in [-0.05, 0) is 104 Å². The maximum absolute atomic E-state index is 13.2. The van der Waals surface area contributed by atoms with Crippen LogP contribution < -0.4 is 10.6 Å². The molecule has 8 aliphatic carbocycles. The van der Waals surface area contributed by atoms with Gasteiger partial charge in [0.1, 0.15) is 0 Å². The van der Waals surface area contributed by atoms with Crippen molar-refractivity contribution in [1.29, 1.82) is 0 Å². The van der Waals surface area contributed by atoms with Crippen molar-refractivity contribution in [3.05, 3.63) is 18.5 Å². The van der Waals surface area contributed by atoms with Crippen molar-refractivity contribution < 1.29 is 9.59 Å². The van der Waals surface area contributed by atoms with Gasteiger partial charge < -0.3 is 10.6 Å². The lowest BCUT2D eigenvalue weighted by molar-refractivity contribution is -0.412. The van der Waals surface area contributed by atoms with E-state index in [4.69, 9.17) is 0 Å². The zero-order chi connectivity index (χ0) is 19.7. The van der Waals surface area contributed by atoms with Crippen molar-refractivity contribution in [3.8, 4) is 0 Å². The molecule has 5 nitrogen and oxygen atoms in total. The SMILES string of the molecule is O=C(Nc1cncc(NC(=O)C23CC4CC5CC(C2)C543)c1)C12CC3CC4CC(C1)C432. The van der Waals surface area contributed by atoms with Crippen LogP contribution in [0.25, 0.3) is 0 Å². The molecule has 2 N–H and O–H groups in total. The topological polar surface area (TPSA) is 71.1 Å². The predicted molar refractivity (Wildman–Crippen MR) is 109 cm³/mol. The van der Waals surface area contributed by atoms with Gasteiger partial charge in [0.05, 0.1) is 34.6 Å². The van der Waals surface area contributed by atoms with Gasteiger partial charge in [-0.1, -0.05) is 0 Å². The normalized spacial score (nSPS) is 57.7. The molecule has 0 aromatic carbocycles. The van der Waals surface area contributed by atoms with E-state index in [1.165, 1.54) is 25.7 Å². The quantitative estimate of drug-likeness (QED) is 0.805. The van der Waals surface area contributed by atoms with Crippen LogP contribution in [0.3, 0.4) is 0 Å². The van der Waals surface area contributed by atoms with Gasteiger partial charge in [0.2, 0.25) is 11.8 Å². The summed E-state index contributed by atoms with van der Waals surface area (Å²) >= 11 is 0. The first-order chi connectivity index (χ1) is 14.5. The third kappa shape index (κ3) is 1.18. The van der Waals surface area contributed by atoms with Crippen LogP contribution in [0.4, 0.5) is 11.4 Å². The molecule has 5 heteroatoms. The third-order valence-corrected chi connectivity index (χ3v) is 12.5. The van der Waals surface area contributed by atoms with Gasteiger partial charge in [-0.3, -0.25) is 14.6 Å². The van der Waals surface area contributed by atoms with Gasteiger partial charge >= 0.3 is 0 Å².